The number of hydrogen-bond donors (Lipinski definition) is 1. The Labute approximate surface area is 105 Å². The van der Waals surface area contributed by atoms with Crippen LogP contribution in [0.4, 0.5) is 0 Å². The molecule has 1 fully saturated rings. The summed E-state index contributed by atoms with van der Waals surface area (Å²) in [5.74, 6) is 0. The summed E-state index contributed by atoms with van der Waals surface area (Å²) in [5.41, 5.74) is -0.460. The molecule has 0 bridgehead atoms. The highest BCUT2D eigenvalue weighted by Crippen LogP contribution is 2.28. The molecule has 1 saturated heterocycles. The fraction of sp³-hybridized carbons (Fsp3) is 1.00. The Kier molecular flexibility index (Phi) is 4.24. The van der Waals surface area contributed by atoms with E-state index in [4.69, 9.17) is 9.47 Å². The van der Waals surface area contributed by atoms with Crippen LogP contribution in [0.15, 0.2) is 0 Å². The third kappa shape index (κ3) is 4.54. The van der Waals surface area contributed by atoms with Gasteiger partial charge in [0.1, 0.15) is 12.2 Å². The largest absolute Gasteiger partial charge is 0.368 e. The van der Waals surface area contributed by atoms with Crippen molar-refractivity contribution in [2.45, 2.75) is 77.9 Å². The molecule has 0 amide bonds. The molecule has 1 rings (SSSR count). The van der Waals surface area contributed by atoms with Crippen molar-refractivity contribution in [2.75, 3.05) is 6.54 Å². The molecule has 0 aliphatic carbocycles. The lowest BCUT2D eigenvalue weighted by Crippen LogP contribution is -2.43. The van der Waals surface area contributed by atoms with Crippen molar-refractivity contribution >= 4 is 0 Å². The highest BCUT2D eigenvalue weighted by Gasteiger charge is 2.43. The summed E-state index contributed by atoms with van der Waals surface area (Å²) >= 11 is 0. The first kappa shape index (κ1) is 14.9. The van der Waals surface area contributed by atoms with E-state index in [2.05, 4.69) is 0 Å². The standard InChI is InChI=1S/C13H27NO3/c1-9-11(17-13(5,6)7)10(8-14(9)15)16-12(2,3)4/h9-11,15H,8H2,1-7H3/t9-,10-,11-/m1/s1. The van der Waals surface area contributed by atoms with Gasteiger partial charge in [-0.2, -0.15) is 5.06 Å². The lowest BCUT2D eigenvalue weighted by molar-refractivity contribution is -0.154. The summed E-state index contributed by atoms with van der Waals surface area (Å²) in [6, 6.07) is -0.0402. The molecule has 3 atom stereocenters. The predicted molar refractivity (Wildman–Crippen MR) is 67.2 cm³/mol. The molecule has 17 heavy (non-hydrogen) atoms. The number of hydroxylamine groups is 2. The summed E-state index contributed by atoms with van der Waals surface area (Å²) in [5, 5.41) is 11.1. The van der Waals surface area contributed by atoms with Crippen molar-refractivity contribution in [1.82, 2.24) is 5.06 Å². The normalized spacial score (nSPS) is 32.1. The second kappa shape index (κ2) is 4.84. The van der Waals surface area contributed by atoms with Gasteiger partial charge in [0.15, 0.2) is 0 Å². The molecule has 1 N–H and O–H groups in total. The van der Waals surface area contributed by atoms with Gasteiger partial charge in [0.05, 0.1) is 23.8 Å². The second-order valence-electron chi connectivity index (χ2n) is 6.83. The van der Waals surface area contributed by atoms with Gasteiger partial charge in [0.2, 0.25) is 0 Å². The van der Waals surface area contributed by atoms with Crippen LogP contribution >= 0.6 is 0 Å². The van der Waals surface area contributed by atoms with Gasteiger partial charge in [-0.25, -0.2) is 0 Å². The van der Waals surface area contributed by atoms with E-state index >= 15 is 0 Å². The fourth-order valence-electron chi connectivity index (χ4n) is 2.08. The average Bonchev–Trinajstić information content (AvgIpc) is 2.27. The Morgan fingerprint density at radius 2 is 1.47 bits per heavy atom. The molecular formula is C13H27NO3. The zero-order valence-electron chi connectivity index (χ0n) is 12.2. The molecule has 0 aromatic rings. The minimum Gasteiger partial charge on any atom is -0.368 e. The van der Waals surface area contributed by atoms with Crippen LogP contribution in [0.1, 0.15) is 48.5 Å². The average molecular weight is 245 g/mol. The van der Waals surface area contributed by atoms with Gasteiger partial charge in [-0.15, -0.1) is 0 Å². The van der Waals surface area contributed by atoms with Gasteiger partial charge in [0.25, 0.3) is 0 Å². The maximum Gasteiger partial charge on any atom is 0.103 e. The van der Waals surface area contributed by atoms with Gasteiger partial charge >= 0.3 is 0 Å². The molecule has 4 heteroatoms. The Hall–Kier alpha value is -0.160. The molecule has 4 nitrogen and oxygen atoms in total. The van der Waals surface area contributed by atoms with Gasteiger partial charge in [0, 0.05) is 0 Å². The highest BCUT2D eigenvalue weighted by atomic mass is 16.6. The summed E-state index contributed by atoms with van der Waals surface area (Å²) in [6.07, 6.45) is -0.187. The van der Waals surface area contributed by atoms with Gasteiger partial charge in [-0.05, 0) is 48.5 Å². The van der Waals surface area contributed by atoms with Crippen molar-refractivity contribution in [3.63, 3.8) is 0 Å². The second-order valence-corrected chi connectivity index (χ2v) is 6.83. The first-order valence-corrected chi connectivity index (χ1v) is 6.31. The first-order valence-electron chi connectivity index (χ1n) is 6.31. The summed E-state index contributed by atoms with van der Waals surface area (Å²) in [7, 11) is 0. The molecule has 0 aromatic heterocycles. The molecular weight excluding hydrogens is 218 g/mol. The fourth-order valence-corrected chi connectivity index (χ4v) is 2.08. The third-order valence-electron chi connectivity index (χ3n) is 2.67. The lowest BCUT2D eigenvalue weighted by atomic mass is 10.1. The number of hydrogen-bond acceptors (Lipinski definition) is 4. The Balaban J connectivity index is 2.74. The number of nitrogens with zero attached hydrogens (tertiary/aromatic N) is 1. The smallest absolute Gasteiger partial charge is 0.103 e. The maximum atomic E-state index is 9.81. The van der Waals surface area contributed by atoms with E-state index in [0.29, 0.717) is 6.54 Å². The van der Waals surface area contributed by atoms with Crippen molar-refractivity contribution in [3.05, 3.63) is 0 Å². The number of ether oxygens (including phenoxy) is 2. The third-order valence-corrected chi connectivity index (χ3v) is 2.67. The Morgan fingerprint density at radius 3 is 1.88 bits per heavy atom. The van der Waals surface area contributed by atoms with Crippen LogP contribution in [-0.4, -0.2) is 46.3 Å². The van der Waals surface area contributed by atoms with Crippen molar-refractivity contribution in [1.29, 1.82) is 0 Å². The van der Waals surface area contributed by atoms with Gasteiger partial charge in [-0.3, -0.25) is 0 Å². The quantitative estimate of drug-likeness (QED) is 0.811. The van der Waals surface area contributed by atoms with E-state index in [1.807, 2.05) is 48.5 Å². The van der Waals surface area contributed by atoms with Crippen LogP contribution < -0.4 is 0 Å². The molecule has 1 aliphatic rings. The molecule has 0 saturated carbocycles. The molecule has 0 aromatic carbocycles. The van der Waals surface area contributed by atoms with Crippen LogP contribution in [0, 0.1) is 0 Å². The molecule has 1 aliphatic heterocycles. The minimum absolute atomic E-state index is 0.0402. The van der Waals surface area contributed by atoms with E-state index in [0.717, 1.165) is 0 Å². The summed E-state index contributed by atoms with van der Waals surface area (Å²) in [6.45, 7) is 14.6. The number of rotatable bonds is 2. The topological polar surface area (TPSA) is 41.9 Å². The van der Waals surface area contributed by atoms with E-state index in [9.17, 15) is 5.21 Å². The molecule has 102 valence electrons. The van der Waals surface area contributed by atoms with Crippen LogP contribution in [0.2, 0.25) is 0 Å². The zero-order chi connectivity index (χ0) is 13.4. The van der Waals surface area contributed by atoms with E-state index in [1.54, 1.807) is 0 Å². The molecule has 1 heterocycles. The van der Waals surface area contributed by atoms with E-state index in [1.165, 1.54) is 5.06 Å². The monoisotopic (exact) mass is 245 g/mol. The van der Waals surface area contributed by atoms with E-state index in [-0.39, 0.29) is 29.5 Å². The minimum atomic E-state index is -0.233. The molecule has 0 unspecified atom stereocenters. The lowest BCUT2D eigenvalue weighted by Gasteiger charge is -2.33. The highest BCUT2D eigenvalue weighted by molar-refractivity contribution is 4.92. The van der Waals surface area contributed by atoms with Crippen LogP contribution in [0.5, 0.6) is 0 Å². The van der Waals surface area contributed by atoms with Crippen molar-refractivity contribution in [2.24, 2.45) is 0 Å². The van der Waals surface area contributed by atoms with Crippen LogP contribution in [0.25, 0.3) is 0 Å². The first-order chi connectivity index (χ1) is 7.49. The Morgan fingerprint density at radius 1 is 1.00 bits per heavy atom. The Bertz CT molecular complexity index is 254. The van der Waals surface area contributed by atoms with Gasteiger partial charge in [-0.1, -0.05) is 0 Å². The SMILES string of the molecule is C[C@@H]1[C@@H](OC(C)(C)C)[C@H](OC(C)(C)C)CN1O. The van der Waals surface area contributed by atoms with Crippen LogP contribution in [0.3, 0.4) is 0 Å². The van der Waals surface area contributed by atoms with Gasteiger partial charge < -0.3 is 14.7 Å². The summed E-state index contributed by atoms with van der Waals surface area (Å²) in [4.78, 5) is 0. The van der Waals surface area contributed by atoms with E-state index < -0.39 is 0 Å². The molecule has 0 spiro atoms. The zero-order valence-corrected chi connectivity index (χ0v) is 12.2. The van der Waals surface area contributed by atoms with Crippen molar-refractivity contribution in [3.8, 4) is 0 Å². The molecule has 0 radical (unpaired) electrons. The summed E-state index contributed by atoms with van der Waals surface area (Å²) < 4.78 is 12.0. The predicted octanol–water partition coefficient (Wildman–Crippen LogP) is 2.45. The van der Waals surface area contributed by atoms with Crippen LogP contribution in [-0.2, 0) is 9.47 Å². The van der Waals surface area contributed by atoms with Crippen molar-refractivity contribution < 1.29 is 14.7 Å². The maximum absolute atomic E-state index is 9.81.